The Labute approximate surface area is 274 Å². The van der Waals surface area contributed by atoms with Gasteiger partial charge < -0.3 is 19.5 Å². The van der Waals surface area contributed by atoms with E-state index in [9.17, 15) is 33.8 Å². The maximum atomic E-state index is 14.1. The molecule has 2 aromatic heterocycles. The number of aromatic nitrogens is 4. The second-order valence-electron chi connectivity index (χ2n) is 13.0. The van der Waals surface area contributed by atoms with E-state index in [1.54, 1.807) is 31.4 Å². The summed E-state index contributed by atoms with van der Waals surface area (Å²) in [6, 6.07) is 1.97. The van der Waals surface area contributed by atoms with Gasteiger partial charge in [0, 0.05) is 24.5 Å². The van der Waals surface area contributed by atoms with Gasteiger partial charge in [-0.1, -0.05) is 44.9 Å². The molecule has 10 nitrogen and oxygen atoms in total. The molecule has 1 aromatic carbocycles. The third-order valence-electron chi connectivity index (χ3n) is 8.08. The highest BCUT2D eigenvalue weighted by Gasteiger charge is 2.65. The predicted octanol–water partition coefficient (Wildman–Crippen LogP) is 8.12. The molecule has 0 saturated carbocycles. The van der Waals surface area contributed by atoms with Crippen molar-refractivity contribution in [2.24, 2.45) is 0 Å². The van der Waals surface area contributed by atoms with Gasteiger partial charge in [-0.05, 0) is 94.7 Å². The molecule has 1 aliphatic heterocycles. The fourth-order valence-electron chi connectivity index (χ4n) is 5.84. The van der Waals surface area contributed by atoms with Crippen LogP contribution in [0, 0.1) is 0 Å². The first-order valence-electron chi connectivity index (χ1n) is 15.8. The molecule has 2 amide bonds. The lowest BCUT2D eigenvalue weighted by Crippen LogP contribution is -2.39. The van der Waals surface area contributed by atoms with Crippen molar-refractivity contribution in [2.45, 2.75) is 89.7 Å². The number of carbonyl (C=O) groups is 2. The summed E-state index contributed by atoms with van der Waals surface area (Å²) in [5.41, 5.74) is 1.10. The average Bonchev–Trinajstić information content (AvgIpc) is 3.25. The van der Waals surface area contributed by atoms with Gasteiger partial charge in [0.15, 0.2) is 5.82 Å². The van der Waals surface area contributed by atoms with Crippen LogP contribution in [-0.2, 0) is 22.5 Å². The quantitative estimate of drug-likeness (QED) is 0.250. The van der Waals surface area contributed by atoms with Crippen LogP contribution >= 0.6 is 10.2 Å². The van der Waals surface area contributed by atoms with Gasteiger partial charge in [0.25, 0.3) is 5.56 Å². The maximum absolute atomic E-state index is 14.1. The number of ether oxygens (including phenoxy) is 1. The number of halogens is 5. The highest BCUT2D eigenvalue weighted by atomic mass is 32.5. The molecule has 0 spiro atoms. The zero-order valence-electron chi connectivity index (χ0n) is 27.2. The molecule has 0 atom stereocenters. The monoisotopic (exact) mass is 698 g/mol. The van der Waals surface area contributed by atoms with Crippen LogP contribution in [0.2, 0.25) is 0 Å². The van der Waals surface area contributed by atoms with Crippen LogP contribution in [0.5, 0.6) is 0 Å². The summed E-state index contributed by atoms with van der Waals surface area (Å²) in [7, 11) is -9.88. The number of benzene rings is 1. The van der Waals surface area contributed by atoms with Crippen LogP contribution in [0.3, 0.4) is 0 Å². The lowest BCUT2D eigenvalue weighted by molar-refractivity contribution is -0.116. The second kappa shape index (κ2) is 12.0. The summed E-state index contributed by atoms with van der Waals surface area (Å²) in [5, 5.41) is 7.04. The number of amides is 2. The molecular weight excluding hydrogens is 659 g/mol. The first kappa shape index (κ1) is 35.1. The van der Waals surface area contributed by atoms with Gasteiger partial charge in [-0.3, -0.25) is 9.59 Å². The van der Waals surface area contributed by atoms with Crippen LogP contribution < -0.4 is 10.9 Å². The van der Waals surface area contributed by atoms with Crippen molar-refractivity contribution in [3.05, 3.63) is 63.9 Å². The van der Waals surface area contributed by atoms with E-state index in [-0.39, 0.29) is 36.7 Å². The van der Waals surface area contributed by atoms with Crippen molar-refractivity contribution in [3.8, 4) is 0 Å². The summed E-state index contributed by atoms with van der Waals surface area (Å²) >= 11 is 0. The number of nitrogens with zero attached hydrogens (tertiary/aromatic N) is 5. The number of hydrogen-bond acceptors (Lipinski definition) is 6. The van der Waals surface area contributed by atoms with Crippen LogP contribution in [0.1, 0.15) is 83.3 Å². The highest BCUT2D eigenvalue weighted by molar-refractivity contribution is 8.45. The molecule has 3 aromatic rings. The molecule has 262 valence electrons. The van der Waals surface area contributed by atoms with Gasteiger partial charge in [0.05, 0.1) is 5.56 Å². The third-order valence-corrected chi connectivity index (χ3v) is 9.25. The van der Waals surface area contributed by atoms with E-state index in [1.807, 2.05) is 6.92 Å². The fraction of sp³-hybridized carbons (Fsp3) is 0.469. The molecule has 1 N–H and O–H groups in total. The Morgan fingerprint density at radius 1 is 0.979 bits per heavy atom. The molecule has 0 bridgehead atoms. The smallest absolute Gasteiger partial charge is 0.410 e. The second-order valence-corrected chi connectivity index (χ2v) is 15.4. The topological polar surface area (TPSA) is 111 Å². The molecule has 0 saturated heterocycles. The van der Waals surface area contributed by atoms with E-state index in [0.717, 1.165) is 54.3 Å². The van der Waals surface area contributed by atoms with Crippen LogP contribution in [0.25, 0.3) is 16.9 Å². The van der Waals surface area contributed by atoms with Crippen molar-refractivity contribution >= 4 is 44.8 Å². The van der Waals surface area contributed by atoms with Gasteiger partial charge in [-0.25, -0.2) is 4.79 Å². The van der Waals surface area contributed by atoms with Crippen LogP contribution in [0.4, 0.5) is 29.9 Å². The number of nitrogens with one attached hydrogen (secondary N) is 1. The maximum Gasteiger partial charge on any atom is 0.410 e. The Hall–Kier alpha value is -4.21. The van der Waals surface area contributed by atoms with Gasteiger partial charge >= 0.3 is 16.3 Å². The Morgan fingerprint density at radius 2 is 1.69 bits per heavy atom. The number of hydrogen-bond donors (Lipinski definition) is 1. The third kappa shape index (κ3) is 7.90. The van der Waals surface area contributed by atoms with Gasteiger partial charge in [-0.2, -0.15) is 9.50 Å². The minimum absolute atomic E-state index is 0.110. The van der Waals surface area contributed by atoms with Crippen LogP contribution in [-0.4, -0.2) is 54.8 Å². The normalized spacial score (nSPS) is 17.6. The molecule has 48 heavy (non-hydrogen) atoms. The largest absolute Gasteiger partial charge is 0.444 e. The average molecular weight is 699 g/mol. The number of anilines is 1. The molecule has 3 heterocycles. The summed E-state index contributed by atoms with van der Waals surface area (Å²) in [5.74, 6) is -0.213. The van der Waals surface area contributed by atoms with E-state index in [1.165, 1.54) is 4.90 Å². The Kier molecular flexibility index (Phi) is 8.80. The van der Waals surface area contributed by atoms with Gasteiger partial charge in [-0.15, -0.1) is 5.10 Å². The summed E-state index contributed by atoms with van der Waals surface area (Å²) in [6.45, 7) is 7.19. The minimum atomic E-state index is -9.88. The zero-order valence-corrected chi connectivity index (χ0v) is 28.0. The van der Waals surface area contributed by atoms with Crippen molar-refractivity contribution in [1.82, 2.24) is 24.1 Å². The molecular formula is C32H39F5N6O4S. The first-order valence-corrected chi connectivity index (χ1v) is 17.7. The summed E-state index contributed by atoms with van der Waals surface area (Å²) in [6.07, 6.45) is 8.51. The fourth-order valence-corrected chi connectivity index (χ4v) is 6.49. The van der Waals surface area contributed by atoms with Gasteiger partial charge in [0.1, 0.15) is 17.0 Å². The van der Waals surface area contributed by atoms with E-state index in [2.05, 4.69) is 16.5 Å². The summed E-state index contributed by atoms with van der Waals surface area (Å²) in [4.78, 5) is 44.3. The highest BCUT2D eigenvalue weighted by Crippen LogP contribution is 3.02. The lowest BCUT2D eigenvalue weighted by atomic mass is 9.97. The number of allylic oxidation sites excluding steroid dienone is 2. The minimum Gasteiger partial charge on any atom is -0.444 e. The van der Waals surface area contributed by atoms with Crippen molar-refractivity contribution < 1.29 is 33.8 Å². The van der Waals surface area contributed by atoms with E-state index >= 15 is 0 Å². The molecule has 16 heteroatoms. The molecule has 0 unspecified atom stereocenters. The van der Waals surface area contributed by atoms with Crippen LogP contribution in [0.15, 0.2) is 46.1 Å². The van der Waals surface area contributed by atoms with E-state index < -0.39 is 44.8 Å². The number of fused-ring (bicyclic) bond motifs is 1. The zero-order chi connectivity index (χ0) is 35.1. The Bertz CT molecular complexity index is 1880. The molecule has 5 rings (SSSR count). The Morgan fingerprint density at radius 3 is 2.29 bits per heavy atom. The SMILES string of the molecule is CCc1c(C2=CCN(C(=O)OC(C)(C)C)CC2)c(=O)n2nc(C3=CCCCCC3)nc2n1CC(=O)Nc1ccc(S(F)(F)(F)(F)F)cc1. The molecule has 0 fully saturated rings. The first-order chi connectivity index (χ1) is 22.2. The van der Waals surface area contributed by atoms with Crippen molar-refractivity contribution in [2.75, 3.05) is 18.4 Å². The van der Waals surface area contributed by atoms with Crippen molar-refractivity contribution in [1.29, 1.82) is 0 Å². The van der Waals surface area contributed by atoms with E-state index in [0.29, 0.717) is 35.5 Å². The summed E-state index contributed by atoms with van der Waals surface area (Å²) < 4.78 is 74.2. The van der Waals surface area contributed by atoms with E-state index in [4.69, 9.17) is 9.72 Å². The number of rotatable bonds is 7. The molecule has 0 radical (unpaired) electrons. The molecule has 1 aliphatic carbocycles. The predicted molar refractivity (Wildman–Crippen MR) is 175 cm³/mol. The lowest BCUT2D eigenvalue weighted by Gasteiger charge is -2.40. The number of carbonyl (C=O) groups excluding carboxylic acids is 2. The Balaban J connectivity index is 1.54. The molecule has 2 aliphatic rings. The standard InChI is InChI=1S/C32H39F5N6O4S/c1-5-25-27(21-16-18-41(19-17-21)31(46)47-32(2,3)4)29(45)43-30(39-28(40-43)22-10-8-6-7-9-11-22)42(25)20-26(44)38-23-12-14-24(15-13-23)48(33,34,35,36)37/h10,12-16H,5-9,11,17-20H2,1-4H3,(H,38,44). The van der Waals surface area contributed by atoms with Crippen molar-refractivity contribution in [3.63, 3.8) is 0 Å². The van der Waals surface area contributed by atoms with Gasteiger partial charge in [0.2, 0.25) is 11.7 Å².